The molecule has 0 unspecified atom stereocenters. The monoisotopic (exact) mass is 464 g/mol. The van der Waals surface area contributed by atoms with Gasteiger partial charge >= 0.3 is 0 Å². The van der Waals surface area contributed by atoms with Crippen molar-refractivity contribution in [3.63, 3.8) is 0 Å². The molecule has 172 valence electrons. The van der Waals surface area contributed by atoms with E-state index in [9.17, 15) is 9.59 Å². The molecule has 1 atom stereocenters. The van der Waals surface area contributed by atoms with Gasteiger partial charge in [-0.05, 0) is 36.8 Å². The zero-order chi connectivity index (χ0) is 22.8. The first-order valence-corrected chi connectivity index (χ1v) is 12.3. The van der Waals surface area contributed by atoms with Crippen LogP contribution in [0.4, 0.5) is 0 Å². The summed E-state index contributed by atoms with van der Waals surface area (Å²) in [6, 6.07) is 12.4. The lowest BCUT2D eigenvalue weighted by molar-refractivity contribution is -0.126. The first-order chi connectivity index (χ1) is 16.1. The molecule has 1 N–H and O–H groups in total. The maximum absolute atomic E-state index is 13.2. The second-order valence-corrected chi connectivity index (χ2v) is 9.80. The van der Waals surface area contributed by atoms with Crippen LogP contribution in [0.2, 0.25) is 0 Å². The van der Waals surface area contributed by atoms with Crippen LogP contribution < -0.4 is 5.32 Å². The Kier molecular flexibility index (Phi) is 6.28. The molecule has 2 aromatic heterocycles. The normalized spacial score (nSPS) is 18.7. The molecule has 2 aliphatic heterocycles. The minimum atomic E-state index is -0.0708. The zero-order valence-corrected chi connectivity index (χ0v) is 19.5. The fourth-order valence-electron chi connectivity index (χ4n) is 4.51. The Bertz CT molecular complexity index is 1120. The molecular weight excluding hydrogens is 436 g/mol. The van der Waals surface area contributed by atoms with Crippen molar-refractivity contribution in [1.29, 1.82) is 0 Å². The van der Waals surface area contributed by atoms with Crippen molar-refractivity contribution in [3.05, 3.63) is 75.5 Å². The van der Waals surface area contributed by atoms with Crippen LogP contribution in [0, 0.1) is 12.8 Å². The van der Waals surface area contributed by atoms with E-state index in [0.717, 1.165) is 16.1 Å². The minimum absolute atomic E-state index is 0.0429. The molecule has 8 heteroatoms. The summed E-state index contributed by atoms with van der Waals surface area (Å²) in [6.07, 6.45) is 3.05. The molecule has 1 fully saturated rings. The van der Waals surface area contributed by atoms with Crippen molar-refractivity contribution in [3.8, 4) is 0 Å². The average Bonchev–Trinajstić information content (AvgIpc) is 3.52. The van der Waals surface area contributed by atoms with E-state index in [0.29, 0.717) is 51.3 Å². The van der Waals surface area contributed by atoms with Gasteiger partial charge in [0, 0.05) is 23.9 Å². The first-order valence-electron chi connectivity index (χ1n) is 11.4. The summed E-state index contributed by atoms with van der Waals surface area (Å²) in [5.41, 5.74) is 3.65. The third-order valence-corrected chi connectivity index (χ3v) is 7.43. The van der Waals surface area contributed by atoms with Crippen molar-refractivity contribution in [1.82, 2.24) is 19.8 Å². The number of benzene rings is 1. The predicted octanol–water partition coefficient (Wildman–Crippen LogP) is 3.69. The van der Waals surface area contributed by atoms with Gasteiger partial charge in [0.2, 0.25) is 5.91 Å². The molecular formula is C25H28N4O3S. The van der Waals surface area contributed by atoms with Crippen LogP contribution in [-0.2, 0) is 29.2 Å². The molecule has 5 rings (SSSR count). The van der Waals surface area contributed by atoms with E-state index < -0.39 is 0 Å². The Morgan fingerprint density at radius 2 is 1.97 bits per heavy atom. The number of rotatable bonds is 5. The number of likely N-dealkylation sites (tertiary alicyclic amines) is 1. The van der Waals surface area contributed by atoms with Crippen LogP contribution in [0.15, 0.2) is 48.1 Å². The number of amides is 2. The van der Waals surface area contributed by atoms with E-state index in [1.807, 2.05) is 27.0 Å². The molecule has 2 aliphatic rings. The van der Waals surface area contributed by atoms with Gasteiger partial charge in [0.05, 0.1) is 31.7 Å². The smallest absolute Gasteiger partial charge is 0.274 e. The average molecular weight is 465 g/mol. The van der Waals surface area contributed by atoms with E-state index in [1.54, 1.807) is 17.7 Å². The lowest BCUT2D eigenvalue weighted by atomic mass is 9.95. The van der Waals surface area contributed by atoms with Gasteiger partial charge in [0.1, 0.15) is 6.10 Å². The topological polar surface area (TPSA) is 76.5 Å². The van der Waals surface area contributed by atoms with E-state index >= 15 is 0 Å². The molecule has 0 spiro atoms. The van der Waals surface area contributed by atoms with Gasteiger partial charge in [0.25, 0.3) is 5.91 Å². The fourth-order valence-corrected chi connectivity index (χ4v) is 5.16. The number of piperidine rings is 1. The highest BCUT2D eigenvalue weighted by atomic mass is 32.1. The number of carbonyl (C=O) groups excluding carboxylic acids is 2. The molecule has 33 heavy (non-hydrogen) atoms. The molecule has 7 nitrogen and oxygen atoms in total. The Morgan fingerprint density at radius 1 is 1.18 bits per heavy atom. The number of thiophene rings is 1. The van der Waals surface area contributed by atoms with Gasteiger partial charge < -0.3 is 19.5 Å². The van der Waals surface area contributed by atoms with E-state index in [-0.39, 0.29) is 23.8 Å². The van der Waals surface area contributed by atoms with Crippen LogP contribution in [0.25, 0.3) is 0 Å². The fraction of sp³-hybridized carbons (Fsp3) is 0.400. The van der Waals surface area contributed by atoms with Crippen LogP contribution in [0.5, 0.6) is 0 Å². The molecule has 0 bridgehead atoms. The highest BCUT2D eigenvalue weighted by Gasteiger charge is 2.32. The lowest BCUT2D eigenvalue weighted by Gasteiger charge is -2.31. The minimum Gasteiger partial charge on any atom is -0.365 e. The number of aryl methyl sites for hydroxylation is 1. The number of fused-ring (bicyclic) bond motifs is 1. The van der Waals surface area contributed by atoms with Gasteiger partial charge in [-0.2, -0.15) is 0 Å². The summed E-state index contributed by atoms with van der Waals surface area (Å²) in [5, 5.41) is 5.03. The van der Waals surface area contributed by atoms with Crippen LogP contribution in [-0.4, -0.2) is 39.4 Å². The third-order valence-electron chi connectivity index (χ3n) is 6.55. The van der Waals surface area contributed by atoms with Crippen molar-refractivity contribution in [2.24, 2.45) is 5.92 Å². The largest absolute Gasteiger partial charge is 0.365 e. The number of hydrogen-bond acceptors (Lipinski definition) is 5. The van der Waals surface area contributed by atoms with E-state index in [1.165, 1.54) is 5.56 Å². The molecule has 1 aromatic carbocycles. The van der Waals surface area contributed by atoms with Crippen molar-refractivity contribution >= 4 is 23.2 Å². The van der Waals surface area contributed by atoms with E-state index in [2.05, 4.69) is 41.5 Å². The van der Waals surface area contributed by atoms with Gasteiger partial charge in [-0.1, -0.05) is 35.9 Å². The molecule has 0 aliphatic carbocycles. The van der Waals surface area contributed by atoms with Gasteiger partial charge in [0.15, 0.2) is 5.69 Å². The lowest BCUT2D eigenvalue weighted by Crippen LogP contribution is -2.43. The van der Waals surface area contributed by atoms with E-state index in [4.69, 9.17) is 4.74 Å². The van der Waals surface area contributed by atoms with Crippen molar-refractivity contribution < 1.29 is 14.3 Å². The molecule has 0 radical (unpaired) electrons. The molecule has 4 heterocycles. The maximum Gasteiger partial charge on any atom is 0.274 e. The Labute approximate surface area is 197 Å². The molecule has 1 saturated heterocycles. The Balaban J connectivity index is 1.17. The number of nitrogens with one attached hydrogen (secondary N) is 1. The number of aromatic nitrogens is 2. The van der Waals surface area contributed by atoms with Gasteiger partial charge in [-0.25, -0.2) is 4.98 Å². The number of ether oxygens (including phenoxy) is 1. The molecule has 2 amide bonds. The molecule has 0 saturated carbocycles. The summed E-state index contributed by atoms with van der Waals surface area (Å²) >= 11 is 1.64. The number of hydrogen-bond donors (Lipinski definition) is 1. The quantitative estimate of drug-likeness (QED) is 0.625. The summed E-state index contributed by atoms with van der Waals surface area (Å²) < 4.78 is 8.12. The number of nitrogens with zero attached hydrogens (tertiary/aromatic N) is 3. The summed E-state index contributed by atoms with van der Waals surface area (Å²) in [6.45, 7) is 4.77. The highest BCUT2D eigenvalue weighted by Crippen LogP contribution is 2.29. The van der Waals surface area contributed by atoms with Gasteiger partial charge in [-0.15, -0.1) is 11.3 Å². The number of imidazole rings is 1. The van der Waals surface area contributed by atoms with Crippen LogP contribution in [0.3, 0.4) is 0 Å². The third kappa shape index (κ3) is 4.72. The van der Waals surface area contributed by atoms with Gasteiger partial charge in [-0.3, -0.25) is 9.59 Å². The number of carbonyl (C=O) groups is 2. The second kappa shape index (κ2) is 9.49. The standard InChI is InChI=1S/C25H28N4O3S/c1-17-4-6-18(7-5-17)22-14-29-16-27-23(21(29)15-32-22)25(31)28-10-8-19(9-11-28)24(30)26-13-20-3-2-12-33-20/h2-7,12,16,19,22H,8-11,13-15H2,1H3,(H,26,30)/t22-/m0/s1. The maximum atomic E-state index is 13.2. The van der Waals surface area contributed by atoms with Crippen LogP contribution >= 0.6 is 11.3 Å². The Morgan fingerprint density at radius 3 is 2.70 bits per heavy atom. The summed E-state index contributed by atoms with van der Waals surface area (Å²) in [4.78, 5) is 33.1. The Hall–Kier alpha value is -2.97. The summed E-state index contributed by atoms with van der Waals surface area (Å²) in [7, 11) is 0. The first kappa shape index (κ1) is 21.9. The predicted molar refractivity (Wildman–Crippen MR) is 126 cm³/mol. The molecule has 3 aromatic rings. The second-order valence-electron chi connectivity index (χ2n) is 8.77. The summed E-state index contributed by atoms with van der Waals surface area (Å²) in [5.74, 6) is -0.0486. The van der Waals surface area contributed by atoms with Crippen molar-refractivity contribution in [2.75, 3.05) is 13.1 Å². The van der Waals surface area contributed by atoms with Crippen molar-refractivity contribution in [2.45, 2.75) is 45.6 Å². The zero-order valence-electron chi connectivity index (χ0n) is 18.7. The SMILES string of the molecule is Cc1ccc([C@@H]2Cn3cnc(C(=O)N4CCC(C(=O)NCc5cccs5)CC4)c3CO2)cc1. The van der Waals surface area contributed by atoms with Crippen LogP contribution in [0.1, 0.15) is 51.1 Å². The highest BCUT2D eigenvalue weighted by molar-refractivity contribution is 7.09.